The molecule has 1 fully saturated rings. The second-order valence-electron chi connectivity index (χ2n) is 7.67. The number of rotatable bonds is 8. The first-order valence-corrected chi connectivity index (χ1v) is 11.6. The van der Waals surface area contributed by atoms with Gasteiger partial charge in [0, 0.05) is 22.1 Å². The van der Waals surface area contributed by atoms with Gasteiger partial charge in [-0.25, -0.2) is 0 Å². The van der Waals surface area contributed by atoms with Crippen LogP contribution in [-0.2, 0) is 32.0 Å². The number of nitrogens with zero attached hydrogens (tertiary/aromatic N) is 1. The number of hydrogen-bond acceptors (Lipinski definition) is 5. The van der Waals surface area contributed by atoms with Crippen LogP contribution in [-0.4, -0.2) is 41.9 Å². The molecule has 0 bridgehead atoms. The van der Waals surface area contributed by atoms with Gasteiger partial charge in [0.05, 0.1) is 12.5 Å². The molecule has 0 saturated carbocycles. The number of benzene rings is 2. The fourth-order valence-electron chi connectivity index (χ4n) is 3.60. The number of hydrogen-bond donors (Lipinski definition) is 2. The van der Waals surface area contributed by atoms with E-state index in [1.54, 1.807) is 24.3 Å². The average molecular weight is 516 g/mol. The lowest BCUT2D eigenvalue weighted by molar-refractivity contribution is -0.151. The Kier molecular flexibility index (Phi) is 8.21. The monoisotopic (exact) mass is 515 g/mol. The number of aryl methyl sites for hydroxylation is 2. The summed E-state index contributed by atoms with van der Waals surface area (Å²) in [7, 11) is 0. The highest BCUT2D eigenvalue weighted by Crippen LogP contribution is 2.23. The number of esters is 1. The molecule has 0 aromatic heterocycles. The van der Waals surface area contributed by atoms with Crippen molar-refractivity contribution in [1.82, 2.24) is 10.4 Å². The van der Waals surface area contributed by atoms with E-state index in [0.29, 0.717) is 5.56 Å². The van der Waals surface area contributed by atoms with Gasteiger partial charge in [0.2, 0.25) is 5.91 Å². The molecule has 1 atom stereocenters. The van der Waals surface area contributed by atoms with Crippen molar-refractivity contribution in [1.29, 1.82) is 0 Å². The summed E-state index contributed by atoms with van der Waals surface area (Å²) in [6, 6.07) is 12.5. The minimum atomic E-state index is -0.760. The largest absolute Gasteiger partial charge is 0.455 e. The van der Waals surface area contributed by atoms with Crippen LogP contribution in [0.4, 0.5) is 5.69 Å². The molecule has 0 unspecified atom stereocenters. The van der Waals surface area contributed by atoms with E-state index in [9.17, 15) is 19.2 Å². The normalized spacial score (nSPS) is 15.3. The Hall–Kier alpha value is -3.20. The number of carbonyl (C=O) groups excluding carboxylic acids is 4. The fourth-order valence-corrected chi connectivity index (χ4v) is 3.86. The first kappa shape index (κ1) is 24.4. The van der Waals surface area contributed by atoms with E-state index in [1.807, 2.05) is 32.0 Å². The summed E-state index contributed by atoms with van der Waals surface area (Å²) < 4.78 is 5.98. The molecule has 2 N–H and O–H groups in total. The van der Waals surface area contributed by atoms with Crippen molar-refractivity contribution in [2.24, 2.45) is 5.92 Å². The lowest BCUT2D eigenvalue weighted by Crippen LogP contribution is -2.43. The number of nitrogens with one attached hydrogen (secondary N) is 2. The van der Waals surface area contributed by atoms with Crippen LogP contribution in [0, 0.1) is 5.92 Å². The zero-order valence-corrected chi connectivity index (χ0v) is 20.1. The molecule has 1 aliphatic heterocycles. The average Bonchev–Trinajstić information content (AvgIpc) is 3.18. The van der Waals surface area contributed by atoms with Gasteiger partial charge >= 0.3 is 5.97 Å². The van der Waals surface area contributed by atoms with Gasteiger partial charge in [-0.2, -0.15) is 0 Å². The highest BCUT2D eigenvalue weighted by molar-refractivity contribution is 9.10. The van der Waals surface area contributed by atoms with Crippen molar-refractivity contribution in [2.45, 2.75) is 33.1 Å². The van der Waals surface area contributed by atoms with E-state index in [4.69, 9.17) is 4.74 Å². The lowest BCUT2D eigenvalue weighted by atomic mass is 10.0. The Labute approximate surface area is 200 Å². The number of halogens is 1. The zero-order chi connectivity index (χ0) is 24.0. The van der Waals surface area contributed by atoms with Crippen LogP contribution in [0.2, 0.25) is 0 Å². The molecule has 0 aliphatic carbocycles. The molecule has 33 heavy (non-hydrogen) atoms. The summed E-state index contributed by atoms with van der Waals surface area (Å²) in [6.45, 7) is 3.54. The SMILES string of the molecule is CCc1cccc(CC)c1NC(=O)COC(=O)[C@H]1CC(=O)N(NC(=O)c2ccc(Br)cc2)C1. The van der Waals surface area contributed by atoms with E-state index in [1.165, 1.54) is 0 Å². The summed E-state index contributed by atoms with van der Waals surface area (Å²) >= 11 is 3.30. The number of para-hydroxylation sites is 1. The van der Waals surface area contributed by atoms with E-state index in [0.717, 1.165) is 39.1 Å². The Bertz CT molecular complexity index is 1030. The number of carbonyl (C=O) groups is 4. The molecule has 0 spiro atoms. The van der Waals surface area contributed by atoms with Gasteiger partial charge < -0.3 is 10.1 Å². The quantitative estimate of drug-likeness (QED) is 0.525. The van der Waals surface area contributed by atoms with Gasteiger partial charge in [-0.05, 0) is 48.2 Å². The summed E-state index contributed by atoms with van der Waals surface area (Å²) in [5, 5.41) is 3.95. The third kappa shape index (κ3) is 6.19. The molecule has 8 nitrogen and oxygen atoms in total. The highest BCUT2D eigenvalue weighted by atomic mass is 79.9. The van der Waals surface area contributed by atoms with Crippen molar-refractivity contribution in [3.8, 4) is 0 Å². The van der Waals surface area contributed by atoms with Crippen LogP contribution in [0.3, 0.4) is 0 Å². The number of anilines is 1. The first-order chi connectivity index (χ1) is 15.8. The summed E-state index contributed by atoms with van der Waals surface area (Å²) in [5.41, 5.74) is 5.66. The summed E-state index contributed by atoms with van der Waals surface area (Å²) in [4.78, 5) is 49.4. The van der Waals surface area contributed by atoms with Crippen LogP contribution in [0.5, 0.6) is 0 Å². The zero-order valence-electron chi connectivity index (χ0n) is 18.5. The maximum Gasteiger partial charge on any atom is 0.311 e. The second-order valence-corrected chi connectivity index (χ2v) is 8.58. The van der Waals surface area contributed by atoms with Crippen molar-refractivity contribution in [3.05, 3.63) is 63.6 Å². The van der Waals surface area contributed by atoms with Crippen molar-refractivity contribution in [3.63, 3.8) is 0 Å². The van der Waals surface area contributed by atoms with Gasteiger partial charge in [-0.15, -0.1) is 0 Å². The summed E-state index contributed by atoms with van der Waals surface area (Å²) in [6.07, 6.45) is 1.42. The van der Waals surface area contributed by atoms with Crippen LogP contribution in [0.25, 0.3) is 0 Å². The van der Waals surface area contributed by atoms with Gasteiger partial charge in [0.1, 0.15) is 0 Å². The molecule has 3 rings (SSSR count). The number of hydrazine groups is 1. The maximum absolute atomic E-state index is 12.4. The van der Waals surface area contributed by atoms with E-state index < -0.39 is 36.2 Å². The van der Waals surface area contributed by atoms with E-state index in [2.05, 4.69) is 26.7 Å². The molecule has 174 valence electrons. The Morgan fingerprint density at radius 1 is 1.06 bits per heavy atom. The predicted octanol–water partition coefficient (Wildman–Crippen LogP) is 3.25. The van der Waals surface area contributed by atoms with E-state index >= 15 is 0 Å². The number of amides is 3. The summed E-state index contributed by atoms with van der Waals surface area (Å²) in [5.74, 6) is -2.70. The molecule has 1 aliphatic rings. The third-order valence-corrected chi connectivity index (χ3v) is 5.94. The van der Waals surface area contributed by atoms with Gasteiger partial charge in [-0.3, -0.25) is 29.6 Å². The molecular formula is C24H26BrN3O5. The van der Waals surface area contributed by atoms with Gasteiger partial charge in [-0.1, -0.05) is 48.0 Å². The smallest absolute Gasteiger partial charge is 0.311 e. The maximum atomic E-state index is 12.4. The molecular weight excluding hydrogens is 490 g/mol. The first-order valence-electron chi connectivity index (χ1n) is 10.8. The molecule has 9 heteroatoms. The Balaban J connectivity index is 1.52. The van der Waals surface area contributed by atoms with Crippen LogP contribution >= 0.6 is 15.9 Å². The number of ether oxygens (including phenoxy) is 1. The van der Waals surface area contributed by atoms with Gasteiger partial charge in [0.15, 0.2) is 6.61 Å². The molecule has 1 saturated heterocycles. The molecule has 0 radical (unpaired) electrons. The Morgan fingerprint density at radius 2 is 1.70 bits per heavy atom. The van der Waals surface area contributed by atoms with Gasteiger partial charge in [0.25, 0.3) is 11.8 Å². The van der Waals surface area contributed by atoms with Crippen LogP contribution in [0.15, 0.2) is 46.9 Å². The minimum absolute atomic E-state index is 0.0137. The topological polar surface area (TPSA) is 105 Å². The van der Waals surface area contributed by atoms with Crippen molar-refractivity contribution >= 4 is 45.3 Å². The Morgan fingerprint density at radius 3 is 2.30 bits per heavy atom. The predicted molar refractivity (Wildman–Crippen MR) is 126 cm³/mol. The fraction of sp³-hybridized carbons (Fsp3) is 0.333. The van der Waals surface area contributed by atoms with Crippen molar-refractivity contribution < 1.29 is 23.9 Å². The van der Waals surface area contributed by atoms with E-state index in [-0.39, 0.29) is 13.0 Å². The van der Waals surface area contributed by atoms with Crippen LogP contribution in [0.1, 0.15) is 41.8 Å². The third-order valence-electron chi connectivity index (χ3n) is 5.41. The standard InChI is InChI=1S/C24H26BrN3O5/c1-3-15-6-5-7-16(4-2)22(15)26-20(29)14-33-24(32)18-12-21(30)28(13-18)27-23(31)17-8-10-19(25)11-9-17/h5-11,18H,3-4,12-14H2,1-2H3,(H,26,29)(H,27,31)/t18-/m0/s1. The lowest BCUT2D eigenvalue weighted by Gasteiger charge is -2.18. The van der Waals surface area contributed by atoms with Crippen LogP contribution < -0.4 is 10.7 Å². The molecule has 2 aromatic rings. The highest BCUT2D eigenvalue weighted by Gasteiger charge is 2.36. The van der Waals surface area contributed by atoms with Crippen molar-refractivity contribution in [2.75, 3.05) is 18.5 Å². The molecule has 2 aromatic carbocycles. The minimum Gasteiger partial charge on any atom is -0.455 e. The molecule has 1 heterocycles. The second kappa shape index (κ2) is 11.1. The molecule has 3 amide bonds.